The number of nitrogens with zero attached hydrogens (tertiary/aromatic N) is 1. The predicted molar refractivity (Wildman–Crippen MR) is 101 cm³/mol. The van der Waals surface area contributed by atoms with Crippen molar-refractivity contribution >= 4 is 11.6 Å². The SMILES string of the molecule is CCN(CCNC(=O)CC(C)C1CCNCC1)c1ccccc1C. The highest BCUT2D eigenvalue weighted by Gasteiger charge is 2.21. The lowest BCUT2D eigenvalue weighted by Crippen LogP contribution is -2.37. The monoisotopic (exact) mass is 331 g/mol. The Kier molecular flexibility index (Phi) is 7.57. The summed E-state index contributed by atoms with van der Waals surface area (Å²) in [5.41, 5.74) is 2.54. The molecule has 0 aromatic heterocycles. The van der Waals surface area contributed by atoms with Gasteiger partial charge in [0.05, 0.1) is 0 Å². The molecule has 1 aromatic rings. The van der Waals surface area contributed by atoms with Gasteiger partial charge in [0, 0.05) is 31.7 Å². The minimum atomic E-state index is 0.196. The average Bonchev–Trinajstić information content (AvgIpc) is 2.60. The van der Waals surface area contributed by atoms with Gasteiger partial charge in [-0.3, -0.25) is 4.79 Å². The molecule has 134 valence electrons. The number of para-hydroxylation sites is 1. The number of likely N-dealkylation sites (N-methyl/N-ethyl adjacent to an activating group) is 1. The zero-order chi connectivity index (χ0) is 17.4. The highest BCUT2D eigenvalue weighted by atomic mass is 16.1. The highest BCUT2D eigenvalue weighted by molar-refractivity contribution is 5.76. The Hall–Kier alpha value is -1.55. The molecule has 1 fully saturated rings. The molecule has 0 aliphatic carbocycles. The molecule has 1 saturated heterocycles. The molecule has 2 rings (SSSR count). The number of rotatable bonds is 8. The molecule has 1 aromatic carbocycles. The Labute approximate surface area is 147 Å². The quantitative estimate of drug-likeness (QED) is 0.770. The van der Waals surface area contributed by atoms with Crippen molar-refractivity contribution in [3.05, 3.63) is 29.8 Å². The summed E-state index contributed by atoms with van der Waals surface area (Å²) in [6.45, 7) is 11.2. The average molecular weight is 332 g/mol. The summed E-state index contributed by atoms with van der Waals surface area (Å²) in [6.07, 6.45) is 3.05. The lowest BCUT2D eigenvalue weighted by atomic mass is 9.84. The third-order valence-electron chi connectivity index (χ3n) is 5.24. The van der Waals surface area contributed by atoms with Gasteiger partial charge >= 0.3 is 0 Å². The van der Waals surface area contributed by atoms with E-state index < -0.39 is 0 Å². The smallest absolute Gasteiger partial charge is 0.220 e. The van der Waals surface area contributed by atoms with Gasteiger partial charge in [-0.2, -0.15) is 0 Å². The molecule has 1 aliphatic heterocycles. The van der Waals surface area contributed by atoms with Crippen LogP contribution in [0.1, 0.15) is 38.7 Å². The summed E-state index contributed by atoms with van der Waals surface area (Å²) < 4.78 is 0. The van der Waals surface area contributed by atoms with Crippen molar-refractivity contribution in [1.29, 1.82) is 0 Å². The molecule has 0 saturated carbocycles. The van der Waals surface area contributed by atoms with E-state index in [1.165, 1.54) is 24.1 Å². The molecule has 1 unspecified atom stereocenters. The number of piperidine rings is 1. The fourth-order valence-corrected chi connectivity index (χ4v) is 3.64. The molecule has 2 N–H and O–H groups in total. The highest BCUT2D eigenvalue weighted by Crippen LogP contribution is 2.24. The van der Waals surface area contributed by atoms with Gasteiger partial charge in [0.2, 0.25) is 5.91 Å². The number of anilines is 1. The summed E-state index contributed by atoms with van der Waals surface area (Å²) >= 11 is 0. The molecule has 1 aliphatic rings. The minimum absolute atomic E-state index is 0.196. The normalized spacial score (nSPS) is 16.6. The van der Waals surface area contributed by atoms with Gasteiger partial charge in [-0.05, 0) is 63.2 Å². The van der Waals surface area contributed by atoms with Crippen molar-refractivity contribution in [2.24, 2.45) is 11.8 Å². The van der Waals surface area contributed by atoms with Crippen molar-refractivity contribution < 1.29 is 4.79 Å². The zero-order valence-corrected chi connectivity index (χ0v) is 15.5. The molecule has 1 amide bonds. The number of amides is 1. The molecule has 0 radical (unpaired) electrons. The number of aryl methyl sites for hydroxylation is 1. The summed E-state index contributed by atoms with van der Waals surface area (Å²) in [5.74, 6) is 1.36. The van der Waals surface area contributed by atoms with Gasteiger partial charge in [-0.15, -0.1) is 0 Å². The first-order valence-electron chi connectivity index (χ1n) is 9.39. The summed E-state index contributed by atoms with van der Waals surface area (Å²) in [6, 6.07) is 8.43. The second-order valence-corrected chi connectivity index (χ2v) is 6.98. The van der Waals surface area contributed by atoms with Gasteiger partial charge in [0.15, 0.2) is 0 Å². The first kappa shape index (κ1) is 18.8. The van der Waals surface area contributed by atoms with E-state index >= 15 is 0 Å². The third kappa shape index (κ3) is 5.52. The Morgan fingerprint density at radius 2 is 2.04 bits per heavy atom. The second-order valence-electron chi connectivity index (χ2n) is 6.98. The maximum atomic E-state index is 12.2. The number of nitrogens with one attached hydrogen (secondary N) is 2. The van der Waals surface area contributed by atoms with Crippen LogP contribution in [0.4, 0.5) is 5.69 Å². The summed E-state index contributed by atoms with van der Waals surface area (Å²) in [7, 11) is 0. The molecule has 24 heavy (non-hydrogen) atoms. The van der Waals surface area contributed by atoms with Crippen molar-refractivity contribution in [3.63, 3.8) is 0 Å². The lowest BCUT2D eigenvalue weighted by Gasteiger charge is -2.28. The van der Waals surface area contributed by atoms with Crippen molar-refractivity contribution in [2.45, 2.75) is 40.0 Å². The molecule has 4 nitrogen and oxygen atoms in total. The number of hydrogen-bond acceptors (Lipinski definition) is 3. The molecule has 4 heteroatoms. The third-order valence-corrected chi connectivity index (χ3v) is 5.24. The minimum Gasteiger partial charge on any atom is -0.370 e. The second kappa shape index (κ2) is 9.67. The van der Waals surface area contributed by atoms with E-state index in [2.05, 4.69) is 60.6 Å². The Morgan fingerprint density at radius 1 is 1.33 bits per heavy atom. The van der Waals surface area contributed by atoms with E-state index in [1.807, 2.05) is 0 Å². The van der Waals surface area contributed by atoms with Crippen molar-refractivity contribution in [3.8, 4) is 0 Å². The van der Waals surface area contributed by atoms with Crippen LogP contribution in [0.5, 0.6) is 0 Å². The van der Waals surface area contributed by atoms with Gasteiger partial charge < -0.3 is 15.5 Å². The van der Waals surface area contributed by atoms with Crippen LogP contribution in [0, 0.1) is 18.8 Å². The van der Waals surface area contributed by atoms with Crippen molar-refractivity contribution in [2.75, 3.05) is 37.6 Å². The van der Waals surface area contributed by atoms with E-state index in [0.717, 1.165) is 26.2 Å². The van der Waals surface area contributed by atoms with E-state index in [9.17, 15) is 4.79 Å². The zero-order valence-electron chi connectivity index (χ0n) is 15.5. The summed E-state index contributed by atoms with van der Waals surface area (Å²) in [5, 5.41) is 6.50. The summed E-state index contributed by atoms with van der Waals surface area (Å²) in [4.78, 5) is 14.5. The number of benzene rings is 1. The first-order valence-corrected chi connectivity index (χ1v) is 9.39. The molecule has 0 spiro atoms. The largest absolute Gasteiger partial charge is 0.370 e. The predicted octanol–water partition coefficient (Wildman–Crippen LogP) is 2.96. The Bertz CT molecular complexity index is 511. The fraction of sp³-hybridized carbons (Fsp3) is 0.650. The Balaban J connectivity index is 1.74. The maximum absolute atomic E-state index is 12.2. The van der Waals surface area contributed by atoms with E-state index in [4.69, 9.17) is 0 Å². The molecule has 1 atom stereocenters. The lowest BCUT2D eigenvalue weighted by molar-refractivity contribution is -0.122. The van der Waals surface area contributed by atoms with E-state index in [-0.39, 0.29) is 5.91 Å². The van der Waals surface area contributed by atoms with Gasteiger partial charge in [0.25, 0.3) is 0 Å². The molecular weight excluding hydrogens is 298 g/mol. The van der Waals surface area contributed by atoms with Gasteiger partial charge in [-0.1, -0.05) is 25.1 Å². The first-order chi connectivity index (χ1) is 11.6. The van der Waals surface area contributed by atoms with Crippen LogP contribution in [0.25, 0.3) is 0 Å². The maximum Gasteiger partial charge on any atom is 0.220 e. The van der Waals surface area contributed by atoms with Gasteiger partial charge in [-0.25, -0.2) is 0 Å². The fourth-order valence-electron chi connectivity index (χ4n) is 3.64. The number of hydrogen-bond donors (Lipinski definition) is 2. The van der Waals surface area contributed by atoms with Crippen LogP contribution in [0.2, 0.25) is 0 Å². The van der Waals surface area contributed by atoms with Crippen LogP contribution in [-0.2, 0) is 4.79 Å². The number of carbonyl (C=O) groups excluding carboxylic acids is 1. The van der Waals surface area contributed by atoms with Gasteiger partial charge in [0.1, 0.15) is 0 Å². The van der Waals surface area contributed by atoms with Crippen LogP contribution in [0.3, 0.4) is 0 Å². The molecular formula is C20H33N3O. The number of carbonyl (C=O) groups is 1. The van der Waals surface area contributed by atoms with Crippen LogP contribution < -0.4 is 15.5 Å². The molecule has 0 bridgehead atoms. The van der Waals surface area contributed by atoms with Crippen LogP contribution >= 0.6 is 0 Å². The van der Waals surface area contributed by atoms with E-state index in [1.54, 1.807) is 0 Å². The van der Waals surface area contributed by atoms with Crippen LogP contribution in [0.15, 0.2) is 24.3 Å². The van der Waals surface area contributed by atoms with Crippen molar-refractivity contribution in [1.82, 2.24) is 10.6 Å². The standard InChI is InChI=1S/C20H33N3O/c1-4-23(19-8-6-5-7-16(19)2)14-13-22-20(24)15-17(3)18-9-11-21-12-10-18/h5-8,17-18,21H,4,9-15H2,1-3H3,(H,22,24). The van der Waals surface area contributed by atoms with E-state index in [0.29, 0.717) is 24.8 Å². The molecule has 1 heterocycles. The Morgan fingerprint density at radius 3 is 2.71 bits per heavy atom. The topological polar surface area (TPSA) is 44.4 Å². The van der Waals surface area contributed by atoms with Crippen LogP contribution in [-0.4, -0.2) is 38.6 Å².